The van der Waals surface area contributed by atoms with Crippen LogP contribution in [0.1, 0.15) is 25.7 Å². The van der Waals surface area contributed by atoms with Crippen molar-refractivity contribution in [3.05, 3.63) is 24.8 Å². The number of hydrogen-bond donors (Lipinski definition) is 0. The Morgan fingerprint density at radius 2 is 2.50 bits per heavy atom. The highest BCUT2D eigenvalue weighted by atomic mass is 127. The lowest BCUT2D eigenvalue weighted by Crippen LogP contribution is -2.43. The van der Waals surface area contributed by atoms with Crippen LogP contribution in [0.2, 0.25) is 0 Å². The Bertz CT molecular complexity index is 329. The number of rotatable bonds is 4. The fourth-order valence-corrected chi connectivity index (χ4v) is 4.31. The first-order valence-electron chi connectivity index (χ1n) is 5.50. The predicted octanol–water partition coefficient (Wildman–Crippen LogP) is 3.87. The van der Waals surface area contributed by atoms with Gasteiger partial charge in [0.2, 0.25) is 0 Å². The van der Waals surface area contributed by atoms with Crippen LogP contribution in [0.3, 0.4) is 0 Å². The average molecular weight is 350 g/mol. The Labute approximate surface area is 113 Å². The second-order valence-corrected chi connectivity index (χ2v) is 5.84. The maximum absolute atomic E-state index is 12.2. The Kier molecular flexibility index (Phi) is 4.13. The second-order valence-electron chi connectivity index (χ2n) is 4.47. The molecular formula is C12H15IO2S. The van der Waals surface area contributed by atoms with Gasteiger partial charge < -0.3 is 0 Å². The van der Waals surface area contributed by atoms with E-state index in [4.69, 9.17) is 4.18 Å². The quantitative estimate of drug-likeness (QED) is 0.437. The smallest absolute Gasteiger partial charge is 0.166 e. The number of allylic oxidation sites excluding steroid dienone is 2. The van der Waals surface area contributed by atoms with Gasteiger partial charge in [0.05, 0.1) is 9.21 Å². The molecule has 0 unspecified atom stereocenters. The van der Waals surface area contributed by atoms with Crippen LogP contribution in [0.15, 0.2) is 24.8 Å². The van der Waals surface area contributed by atoms with Crippen LogP contribution in [-0.2, 0) is 8.98 Å². The van der Waals surface area contributed by atoms with Crippen LogP contribution >= 0.6 is 30.4 Å². The maximum atomic E-state index is 12.2. The van der Waals surface area contributed by atoms with Crippen LogP contribution in [0.4, 0.5) is 0 Å². The number of hydrogen-bond acceptors (Lipinski definition) is 3. The van der Waals surface area contributed by atoms with Crippen molar-refractivity contribution in [2.75, 3.05) is 0 Å². The summed E-state index contributed by atoms with van der Waals surface area (Å²) in [5.41, 5.74) is -0.547. The summed E-state index contributed by atoms with van der Waals surface area (Å²) in [6.45, 7) is 3.78. The lowest BCUT2D eigenvalue weighted by molar-refractivity contribution is -0.132. The SMILES string of the molecule is C=CC[C@@H]1CC(=O)[C@@]2(OSI)CC=CC[C@H]12. The summed E-state index contributed by atoms with van der Waals surface area (Å²) in [7, 11) is 1.29. The molecule has 0 heterocycles. The fourth-order valence-electron chi connectivity index (χ4n) is 2.95. The molecule has 2 nitrogen and oxygen atoms in total. The normalized spacial score (nSPS) is 37.4. The van der Waals surface area contributed by atoms with Gasteiger partial charge in [-0.3, -0.25) is 8.98 Å². The molecule has 0 bridgehead atoms. The number of carbonyl (C=O) groups is 1. The molecule has 3 atom stereocenters. The summed E-state index contributed by atoms with van der Waals surface area (Å²) in [6.07, 6.45) is 9.44. The number of Topliss-reactive ketones (excluding diaryl/α,β-unsaturated/α-hetero) is 1. The molecule has 16 heavy (non-hydrogen) atoms. The molecular weight excluding hydrogens is 335 g/mol. The standard InChI is InChI=1S/C12H15IO2S/c1-2-5-9-8-11(14)12(15-16-13)7-4-3-6-10(9)12/h2-4,9-10H,1,5-8H2/t9-,10-,12-/m1/s1. The predicted molar refractivity (Wildman–Crippen MR) is 75.2 cm³/mol. The number of ketones is 1. The van der Waals surface area contributed by atoms with E-state index in [1.54, 1.807) is 0 Å². The topological polar surface area (TPSA) is 26.3 Å². The van der Waals surface area contributed by atoms with Crippen LogP contribution in [0.5, 0.6) is 0 Å². The van der Waals surface area contributed by atoms with E-state index in [1.165, 1.54) is 9.21 Å². The van der Waals surface area contributed by atoms with E-state index >= 15 is 0 Å². The highest BCUT2D eigenvalue weighted by Crippen LogP contribution is 2.50. The van der Waals surface area contributed by atoms with Gasteiger partial charge in [-0.05, 0) is 18.8 Å². The van der Waals surface area contributed by atoms with Gasteiger partial charge in [0.15, 0.2) is 5.78 Å². The minimum Gasteiger partial charge on any atom is -0.296 e. The van der Waals surface area contributed by atoms with Crippen molar-refractivity contribution in [2.45, 2.75) is 31.3 Å². The zero-order valence-electron chi connectivity index (χ0n) is 9.02. The molecule has 0 radical (unpaired) electrons. The van der Waals surface area contributed by atoms with Gasteiger partial charge in [0.1, 0.15) is 5.60 Å². The first-order valence-corrected chi connectivity index (χ1v) is 8.78. The minimum atomic E-state index is -0.547. The molecule has 0 saturated heterocycles. The minimum absolute atomic E-state index is 0.276. The average Bonchev–Trinajstić information content (AvgIpc) is 2.54. The third-order valence-electron chi connectivity index (χ3n) is 3.71. The van der Waals surface area contributed by atoms with E-state index in [2.05, 4.69) is 39.9 Å². The van der Waals surface area contributed by atoms with Crippen molar-refractivity contribution in [3.8, 4) is 0 Å². The molecule has 0 spiro atoms. The molecule has 0 N–H and O–H groups in total. The van der Waals surface area contributed by atoms with Crippen LogP contribution in [0.25, 0.3) is 0 Å². The molecule has 0 aromatic carbocycles. The first-order chi connectivity index (χ1) is 7.74. The largest absolute Gasteiger partial charge is 0.296 e. The van der Waals surface area contributed by atoms with Crippen molar-refractivity contribution >= 4 is 36.2 Å². The summed E-state index contributed by atoms with van der Waals surface area (Å²) in [5.74, 6) is 1.03. The van der Waals surface area contributed by atoms with Crippen LogP contribution in [-0.4, -0.2) is 11.4 Å². The number of carbonyl (C=O) groups excluding carboxylic acids is 1. The van der Waals surface area contributed by atoms with Crippen molar-refractivity contribution in [3.63, 3.8) is 0 Å². The Balaban J connectivity index is 2.27. The van der Waals surface area contributed by atoms with Gasteiger partial charge in [0, 0.05) is 40.0 Å². The van der Waals surface area contributed by atoms with Gasteiger partial charge in [-0.25, -0.2) is 0 Å². The fraction of sp³-hybridized carbons (Fsp3) is 0.583. The summed E-state index contributed by atoms with van der Waals surface area (Å²) in [6, 6.07) is 0. The molecule has 4 heteroatoms. The Morgan fingerprint density at radius 3 is 3.19 bits per heavy atom. The highest BCUT2D eigenvalue weighted by molar-refractivity contribution is 14.2. The molecule has 0 aliphatic heterocycles. The lowest BCUT2D eigenvalue weighted by atomic mass is 9.77. The number of halogens is 1. The molecule has 0 amide bonds. The van der Waals surface area contributed by atoms with Gasteiger partial charge >= 0.3 is 0 Å². The van der Waals surface area contributed by atoms with Crippen molar-refractivity contribution in [1.29, 1.82) is 0 Å². The van der Waals surface area contributed by atoms with Gasteiger partial charge in [0.25, 0.3) is 0 Å². The summed E-state index contributed by atoms with van der Waals surface area (Å²) >= 11 is 2.10. The monoisotopic (exact) mass is 350 g/mol. The lowest BCUT2D eigenvalue weighted by Gasteiger charge is -2.35. The molecule has 2 aliphatic carbocycles. The second kappa shape index (κ2) is 5.23. The highest BCUT2D eigenvalue weighted by Gasteiger charge is 2.55. The van der Waals surface area contributed by atoms with E-state index in [0.29, 0.717) is 18.3 Å². The summed E-state index contributed by atoms with van der Waals surface area (Å²) in [4.78, 5) is 12.2. The molecule has 1 saturated carbocycles. The number of fused-ring (bicyclic) bond motifs is 1. The molecule has 0 aromatic rings. The molecule has 0 aromatic heterocycles. The third kappa shape index (κ3) is 1.99. The van der Waals surface area contributed by atoms with E-state index in [0.717, 1.165) is 19.3 Å². The molecule has 1 fully saturated rings. The summed E-state index contributed by atoms with van der Waals surface area (Å²) < 4.78 is 5.75. The van der Waals surface area contributed by atoms with Crippen LogP contribution in [0, 0.1) is 11.8 Å². The van der Waals surface area contributed by atoms with Crippen LogP contribution < -0.4 is 0 Å². The summed E-state index contributed by atoms with van der Waals surface area (Å²) in [5, 5.41) is 0. The zero-order valence-corrected chi connectivity index (χ0v) is 12.0. The van der Waals surface area contributed by atoms with Crippen molar-refractivity contribution < 1.29 is 8.98 Å². The van der Waals surface area contributed by atoms with Gasteiger partial charge in [-0.15, -0.1) is 6.58 Å². The van der Waals surface area contributed by atoms with Crippen molar-refractivity contribution in [1.82, 2.24) is 0 Å². The van der Waals surface area contributed by atoms with Crippen molar-refractivity contribution in [2.24, 2.45) is 11.8 Å². The maximum Gasteiger partial charge on any atom is 0.166 e. The van der Waals surface area contributed by atoms with E-state index in [1.807, 2.05) is 6.08 Å². The van der Waals surface area contributed by atoms with Gasteiger partial charge in [-0.1, -0.05) is 18.2 Å². The molecule has 2 aliphatic rings. The Hall–Kier alpha value is 0.190. The Morgan fingerprint density at radius 1 is 1.69 bits per heavy atom. The van der Waals surface area contributed by atoms with E-state index in [-0.39, 0.29) is 5.78 Å². The zero-order chi connectivity index (χ0) is 11.6. The van der Waals surface area contributed by atoms with Gasteiger partial charge in [-0.2, -0.15) is 0 Å². The third-order valence-corrected chi connectivity index (χ3v) is 4.61. The van der Waals surface area contributed by atoms with E-state index < -0.39 is 5.60 Å². The molecule has 2 rings (SSSR count). The van der Waals surface area contributed by atoms with E-state index in [9.17, 15) is 4.79 Å². The first kappa shape index (κ1) is 12.6. The molecule has 88 valence electrons.